The van der Waals surface area contributed by atoms with Crippen LogP contribution in [0.2, 0.25) is 5.02 Å². The molecule has 0 amide bonds. The fourth-order valence-corrected chi connectivity index (χ4v) is 3.09. The standard InChI is InChI=1S/C14H22BrClN2/c1-3-5-8-18(4-2)14(10-17)12-7-6-11(16)9-13(12)15/h6-7,9,14H,3-5,8,10,17H2,1-2H3. The van der Waals surface area contributed by atoms with Crippen LogP contribution in [0.4, 0.5) is 0 Å². The Balaban J connectivity index is 2.92. The number of hydrogen-bond acceptors (Lipinski definition) is 2. The molecule has 18 heavy (non-hydrogen) atoms. The van der Waals surface area contributed by atoms with Gasteiger partial charge in [-0.3, -0.25) is 4.90 Å². The zero-order valence-corrected chi connectivity index (χ0v) is 13.5. The Kier molecular flexibility index (Phi) is 7.23. The summed E-state index contributed by atoms with van der Waals surface area (Å²) in [4.78, 5) is 2.43. The van der Waals surface area contributed by atoms with Gasteiger partial charge < -0.3 is 5.73 Å². The molecule has 0 aromatic heterocycles. The lowest BCUT2D eigenvalue weighted by Gasteiger charge is -2.30. The smallest absolute Gasteiger partial charge is 0.0481 e. The molecule has 1 unspecified atom stereocenters. The maximum Gasteiger partial charge on any atom is 0.0481 e. The Morgan fingerprint density at radius 3 is 2.61 bits per heavy atom. The van der Waals surface area contributed by atoms with Gasteiger partial charge >= 0.3 is 0 Å². The third-order valence-corrected chi connectivity index (χ3v) is 4.11. The third-order valence-electron chi connectivity index (χ3n) is 3.19. The van der Waals surface area contributed by atoms with Crippen LogP contribution in [0.1, 0.15) is 38.3 Å². The minimum Gasteiger partial charge on any atom is -0.329 e. The van der Waals surface area contributed by atoms with Crippen LogP contribution in [-0.4, -0.2) is 24.5 Å². The molecule has 0 heterocycles. The first-order chi connectivity index (χ1) is 8.63. The van der Waals surface area contributed by atoms with Gasteiger partial charge in [0.05, 0.1) is 0 Å². The number of nitrogens with zero attached hydrogens (tertiary/aromatic N) is 1. The average Bonchev–Trinajstić information content (AvgIpc) is 2.36. The van der Waals surface area contributed by atoms with Gasteiger partial charge in [0, 0.05) is 22.1 Å². The van der Waals surface area contributed by atoms with Gasteiger partial charge in [0.25, 0.3) is 0 Å². The van der Waals surface area contributed by atoms with E-state index in [1.54, 1.807) is 0 Å². The minimum atomic E-state index is 0.258. The molecule has 1 aromatic rings. The highest BCUT2D eigenvalue weighted by atomic mass is 79.9. The molecular formula is C14H22BrClN2. The molecule has 0 fully saturated rings. The van der Waals surface area contributed by atoms with E-state index >= 15 is 0 Å². The van der Waals surface area contributed by atoms with Gasteiger partial charge in [-0.2, -0.15) is 0 Å². The molecule has 2 nitrogen and oxygen atoms in total. The second-order valence-corrected chi connectivity index (χ2v) is 5.69. The van der Waals surface area contributed by atoms with Gasteiger partial charge in [0.2, 0.25) is 0 Å². The van der Waals surface area contributed by atoms with E-state index in [9.17, 15) is 0 Å². The van der Waals surface area contributed by atoms with E-state index in [4.69, 9.17) is 17.3 Å². The zero-order valence-electron chi connectivity index (χ0n) is 11.1. The normalized spacial score (nSPS) is 13.0. The van der Waals surface area contributed by atoms with Crippen LogP contribution >= 0.6 is 27.5 Å². The van der Waals surface area contributed by atoms with Crippen molar-refractivity contribution in [3.8, 4) is 0 Å². The Labute approximate surface area is 124 Å². The van der Waals surface area contributed by atoms with E-state index in [1.165, 1.54) is 18.4 Å². The van der Waals surface area contributed by atoms with Crippen molar-refractivity contribution in [2.24, 2.45) is 5.73 Å². The summed E-state index contributed by atoms with van der Waals surface area (Å²) in [5, 5.41) is 0.748. The van der Waals surface area contributed by atoms with E-state index < -0.39 is 0 Å². The molecule has 0 aliphatic heterocycles. The van der Waals surface area contributed by atoms with Crippen LogP contribution in [0.25, 0.3) is 0 Å². The molecule has 0 bridgehead atoms. The Hall–Kier alpha value is -0.0900. The number of halogens is 2. The molecule has 0 aliphatic carbocycles. The summed E-state index contributed by atoms with van der Waals surface area (Å²) in [6.07, 6.45) is 2.41. The summed E-state index contributed by atoms with van der Waals surface area (Å²) < 4.78 is 1.04. The molecule has 0 saturated heterocycles. The molecule has 0 spiro atoms. The molecule has 1 atom stereocenters. The Morgan fingerprint density at radius 1 is 1.39 bits per heavy atom. The summed E-state index contributed by atoms with van der Waals surface area (Å²) in [5.74, 6) is 0. The van der Waals surface area contributed by atoms with Crippen LogP contribution in [-0.2, 0) is 0 Å². The first-order valence-electron chi connectivity index (χ1n) is 6.53. The van der Waals surface area contributed by atoms with Crippen molar-refractivity contribution < 1.29 is 0 Å². The number of likely N-dealkylation sites (N-methyl/N-ethyl adjacent to an activating group) is 1. The van der Waals surface area contributed by atoms with E-state index in [0.29, 0.717) is 6.54 Å². The highest BCUT2D eigenvalue weighted by molar-refractivity contribution is 9.10. The van der Waals surface area contributed by atoms with Gasteiger partial charge in [0.15, 0.2) is 0 Å². The maximum absolute atomic E-state index is 5.99. The molecular weight excluding hydrogens is 312 g/mol. The van der Waals surface area contributed by atoms with Crippen molar-refractivity contribution in [1.82, 2.24) is 4.90 Å². The minimum absolute atomic E-state index is 0.258. The summed E-state index contributed by atoms with van der Waals surface area (Å²) in [5.41, 5.74) is 7.19. The SMILES string of the molecule is CCCCN(CC)C(CN)c1ccc(Cl)cc1Br. The monoisotopic (exact) mass is 332 g/mol. The summed E-state index contributed by atoms with van der Waals surface area (Å²) in [7, 11) is 0. The predicted octanol–water partition coefficient (Wildman–Crippen LogP) is 4.22. The summed E-state index contributed by atoms with van der Waals surface area (Å²) in [6, 6.07) is 6.19. The van der Waals surface area contributed by atoms with E-state index in [-0.39, 0.29) is 6.04 Å². The lowest BCUT2D eigenvalue weighted by molar-refractivity contribution is 0.208. The van der Waals surface area contributed by atoms with Crippen LogP contribution in [0.15, 0.2) is 22.7 Å². The highest BCUT2D eigenvalue weighted by Gasteiger charge is 2.19. The molecule has 0 radical (unpaired) electrons. The number of unbranched alkanes of at least 4 members (excludes halogenated alkanes) is 1. The molecule has 0 aliphatic rings. The van der Waals surface area contributed by atoms with Crippen molar-refractivity contribution in [3.05, 3.63) is 33.3 Å². The summed E-state index contributed by atoms with van der Waals surface area (Å²) in [6.45, 7) is 7.12. The van der Waals surface area contributed by atoms with E-state index in [2.05, 4.69) is 40.7 Å². The topological polar surface area (TPSA) is 29.3 Å². The first kappa shape index (κ1) is 16.0. The maximum atomic E-state index is 5.99. The number of hydrogen-bond donors (Lipinski definition) is 1. The predicted molar refractivity (Wildman–Crippen MR) is 83.1 cm³/mol. The highest BCUT2D eigenvalue weighted by Crippen LogP contribution is 2.29. The van der Waals surface area contributed by atoms with Crippen molar-refractivity contribution >= 4 is 27.5 Å². The second kappa shape index (κ2) is 8.16. The fraction of sp³-hybridized carbons (Fsp3) is 0.571. The third kappa shape index (κ3) is 4.23. The largest absolute Gasteiger partial charge is 0.329 e. The Morgan fingerprint density at radius 2 is 2.11 bits per heavy atom. The molecule has 1 rings (SSSR count). The molecule has 0 saturated carbocycles. The second-order valence-electron chi connectivity index (χ2n) is 4.40. The van der Waals surface area contributed by atoms with Gasteiger partial charge in [0.1, 0.15) is 0 Å². The average molecular weight is 334 g/mol. The molecule has 2 N–H and O–H groups in total. The number of rotatable bonds is 7. The zero-order chi connectivity index (χ0) is 13.5. The van der Waals surface area contributed by atoms with E-state index in [0.717, 1.165) is 22.6 Å². The first-order valence-corrected chi connectivity index (χ1v) is 7.70. The van der Waals surface area contributed by atoms with Crippen molar-refractivity contribution in [3.63, 3.8) is 0 Å². The number of benzene rings is 1. The van der Waals surface area contributed by atoms with Crippen LogP contribution in [0.3, 0.4) is 0 Å². The van der Waals surface area contributed by atoms with Gasteiger partial charge in [-0.05, 0) is 37.2 Å². The van der Waals surface area contributed by atoms with Crippen LogP contribution < -0.4 is 5.73 Å². The molecule has 102 valence electrons. The van der Waals surface area contributed by atoms with Crippen molar-refractivity contribution in [1.29, 1.82) is 0 Å². The van der Waals surface area contributed by atoms with Gasteiger partial charge in [-0.15, -0.1) is 0 Å². The van der Waals surface area contributed by atoms with Crippen LogP contribution in [0.5, 0.6) is 0 Å². The lowest BCUT2D eigenvalue weighted by Crippen LogP contribution is -2.34. The molecule has 1 aromatic carbocycles. The van der Waals surface area contributed by atoms with Gasteiger partial charge in [-0.1, -0.05) is 53.9 Å². The quantitative estimate of drug-likeness (QED) is 0.809. The van der Waals surface area contributed by atoms with E-state index in [1.807, 2.05) is 12.1 Å². The Bertz CT molecular complexity index is 371. The van der Waals surface area contributed by atoms with Crippen LogP contribution in [0, 0.1) is 0 Å². The van der Waals surface area contributed by atoms with Crippen molar-refractivity contribution in [2.45, 2.75) is 32.7 Å². The van der Waals surface area contributed by atoms with Crippen molar-refractivity contribution in [2.75, 3.05) is 19.6 Å². The number of nitrogens with two attached hydrogens (primary N) is 1. The fourth-order valence-electron chi connectivity index (χ4n) is 2.14. The summed E-state index contributed by atoms with van der Waals surface area (Å²) >= 11 is 9.57. The molecule has 4 heteroatoms. The van der Waals surface area contributed by atoms with Gasteiger partial charge in [-0.25, -0.2) is 0 Å². The lowest BCUT2D eigenvalue weighted by atomic mass is 10.0.